The van der Waals surface area contributed by atoms with E-state index in [4.69, 9.17) is 4.55 Å². The van der Waals surface area contributed by atoms with Crippen molar-refractivity contribution in [1.29, 1.82) is 0 Å². The monoisotopic (exact) mass is 801 g/mol. The van der Waals surface area contributed by atoms with Gasteiger partial charge in [-0.05, 0) is 92.7 Å². The summed E-state index contributed by atoms with van der Waals surface area (Å²) in [5.41, 5.74) is -1.46. The van der Waals surface area contributed by atoms with Gasteiger partial charge in [-0.25, -0.2) is 4.79 Å². The summed E-state index contributed by atoms with van der Waals surface area (Å²) in [7, 11) is -5.07. The van der Waals surface area contributed by atoms with Crippen LogP contribution in [0.3, 0.4) is 0 Å². The molecule has 1 atom stereocenters. The molecule has 1 fully saturated rings. The highest BCUT2D eigenvalue weighted by Crippen LogP contribution is 2.33. The number of carbonyl (C=O) groups excluding carboxylic acids is 2. The third-order valence-corrected chi connectivity index (χ3v) is 9.06. The predicted molar refractivity (Wildman–Crippen MR) is 130 cm³/mol. The molecular formula is C17H17F3I3NO6S. The van der Waals surface area contributed by atoms with E-state index >= 15 is 0 Å². The maximum Gasteiger partial charge on any atom is 0.426 e. The van der Waals surface area contributed by atoms with Crippen molar-refractivity contribution in [2.24, 2.45) is 0 Å². The minimum absolute atomic E-state index is 0.0472. The van der Waals surface area contributed by atoms with Crippen LogP contribution in [0.15, 0.2) is 12.1 Å². The van der Waals surface area contributed by atoms with Crippen LogP contribution >= 0.6 is 67.8 Å². The Morgan fingerprint density at radius 3 is 2.26 bits per heavy atom. The molecule has 0 heterocycles. The SMILES string of the molecule is O=C(NC1(C(=O)OC(CS(=O)(=O)O)C(F)(F)F)CCCCC1)c1cc(I)cc(I)c1I. The molecule has 0 spiro atoms. The van der Waals surface area contributed by atoms with E-state index in [0.29, 0.717) is 16.4 Å². The summed E-state index contributed by atoms with van der Waals surface area (Å²) < 4.78 is 77.2. The Balaban J connectivity index is 2.35. The van der Waals surface area contributed by atoms with Gasteiger partial charge in [0.1, 0.15) is 11.3 Å². The fourth-order valence-corrected chi connectivity index (χ4v) is 6.21. The molecule has 0 bridgehead atoms. The van der Waals surface area contributed by atoms with Gasteiger partial charge in [0.15, 0.2) is 0 Å². The van der Waals surface area contributed by atoms with Crippen LogP contribution in [0.1, 0.15) is 42.5 Å². The zero-order valence-corrected chi connectivity index (χ0v) is 22.9. The first kappa shape index (κ1) is 27.3. The lowest BCUT2D eigenvalue weighted by Crippen LogP contribution is -2.58. The summed E-state index contributed by atoms with van der Waals surface area (Å²) in [5, 5.41) is 2.56. The Morgan fingerprint density at radius 2 is 1.74 bits per heavy atom. The van der Waals surface area contributed by atoms with E-state index in [0.717, 1.165) is 13.6 Å². The standard InChI is InChI=1S/C17H17F3I3NO6S/c18-17(19,20)12(8-31(27,28)29)30-15(26)16(4-2-1-3-5-16)24-14(25)10-6-9(21)7-11(22)13(10)23/h6-7,12H,1-5,8H2,(H,24,25)(H,27,28,29). The van der Waals surface area contributed by atoms with Crippen molar-refractivity contribution < 1.29 is 40.5 Å². The van der Waals surface area contributed by atoms with Crippen molar-refractivity contribution in [1.82, 2.24) is 5.32 Å². The number of ether oxygens (including phenoxy) is 1. The molecule has 2 N–H and O–H groups in total. The lowest BCUT2D eigenvalue weighted by molar-refractivity contribution is -0.219. The molecule has 14 heteroatoms. The highest BCUT2D eigenvalue weighted by atomic mass is 127. The van der Waals surface area contributed by atoms with Crippen LogP contribution in [-0.4, -0.2) is 48.4 Å². The first-order valence-corrected chi connectivity index (χ1v) is 13.7. The Bertz CT molecular complexity index is 965. The van der Waals surface area contributed by atoms with Crippen molar-refractivity contribution >= 4 is 89.8 Å². The molecule has 0 radical (unpaired) electrons. The lowest BCUT2D eigenvalue weighted by atomic mass is 9.81. The number of benzene rings is 1. The number of nitrogens with one attached hydrogen (secondary N) is 1. The molecule has 2 rings (SSSR count). The van der Waals surface area contributed by atoms with E-state index in [2.05, 4.69) is 10.1 Å². The molecule has 1 aliphatic rings. The second-order valence-corrected chi connectivity index (χ2v) is 12.0. The van der Waals surface area contributed by atoms with Crippen LogP contribution in [0.4, 0.5) is 13.2 Å². The topological polar surface area (TPSA) is 110 Å². The van der Waals surface area contributed by atoms with Crippen LogP contribution in [0.25, 0.3) is 0 Å². The molecule has 0 saturated heterocycles. The summed E-state index contributed by atoms with van der Waals surface area (Å²) in [5.74, 6) is -3.83. The number of halogens is 6. The summed E-state index contributed by atoms with van der Waals surface area (Å²) in [6.45, 7) is 0. The van der Waals surface area contributed by atoms with E-state index in [9.17, 15) is 31.2 Å². The Labute approximate surface area is 217 Å². The Hall–Kier alpha value is 0.0500. The van der Waals surface area contributed by atoms with Crippen molar-refractivity contribution in [3.63, 3.8) is 0 Å². The van der Waals surface area contributed by atoms with Crippen LogP contribution in [0.5, 0.6) is 0 Å². The van der Waals surface area contributed by atoms with Gasteiger partial charge >= 0.3 is 12.1 Å². The number of amides is 1. The second kappa shape index (κ2) is 10.5. The fraction of sp³-hybridized carbons (Fsp3) is 0.529. The van der Waals surface area contributed by atoms with Gasteiger partial charge in [-0.1, -0.05) is 19.3 Å². The van der Waals surface area contributed by atoms with Crippen molar-refractivity contribution in [3.8, 4) is 0 Å². The highest BCUT2D eigenvalue weighted by molar-refractivity contribution is 14.1. The molecule has 0 aromatic heterocycles. The van der Waals surface area contributed by atoms with Crippen molar-refractivity contribution in [2.45, 2.75) is 49.9 Å². The third-order valence-electron chi connectivity index (χ3n) is 4.66. The Morgan fingerprint density at radius 1 is 1.16 bits per heavy atom. The van der Waals surface area contributed by atoms with E-state index in [1.807, 2.05) is 73.8 Å². The zero-order valence-electron chi connectivity index (χ0n) is 15.6. The number of alkyl halides is 3. The van der Waals surface area contributed by atoms with Crippen LogP contribution in [0.2, 0.25) is 0 Å². The summed E-state index contributed by atoms with van der Waals surface area (Å²) in [4.78, 5) is 25.8. The minimum Gasteiger partial charge on any atom is -0.450 e. The number of esters is 1. The van der Waals surface area contributed by atoms with E-state index < -0.39 is 45.6 Å². The smallest absolute Gasteiger partial charge is 0.426 e. The quantitative estimate of drug-likeness (QED) is 0.193. The number of hydrogen-bond acceptors (Lipinski definition) is 5. The highest BCUT2D eigenvalue weighted by Gasteiger charge is 2.50. The van der Waals surface area contributed by atoms with Gasteiger partial charge in [-0.15, -0.1) is 0 Å². The van der Waals surface area contributed by atoms with Gasteiger partial charge in [0.2, 0.25) is 6.10 Å². The van der Waals surface area contributed by atoms with Gasteiger partial charge in [0.25, 0.3) is 16.0 Å². The van der Waals surface area contributed by atoms with Gasteiger partial charge < -0.3 is 10.1 Å². The second-order valence-electron chi connectivity index (χ2n) is 7.03. The molecule has 1 saturated carbocycles. The maximum absolute atomic E-state index is 13.2. The van der Waals surface area contributed by atoms with Crippen LogP contribution < -0.4 is 5.32 Å². The van der Waals surface area contributed by atoms with E-state index in [1.165, 1.54) is 0 Å². The van der Waals surface area contributed by atoms with Crippen molar-refractivity contribution in [2.75, 3.05) is 5.75 Å². The van der Waals surface area contributed by atoms with Gasteiger partial charge in [-0.2, -0.15) is 21.6 Å². The molecule has 1 aromatic carbocycles. The summed E-state index contributed by atoms with van der Waals surface area (Å²) >= 11 is 6.03. The van der Waals surface area contributed by atoms with Crippen LogP contribution in [0, 0.1) is 10.7 Å². The molecule has 7 nitrogen and oxygen atoms in total. The first-order chi connectivity index (χ1) is 14.1. The molecule has 1 aliphatic carbocycles. The first-order valence-electron chi connectivity index (χ1n) is 8.85. The van der Waals surface area contributed by atoms with Crippen molar-refractivity contribution in [3.05, 3.63) is 28.4 Å². The zero-order chi connectivity index (χ0) is 23.6. The largest absolute Gasteiger partial charge is 0.450 e. The summed E-state index contributed by atoms with van der Waals surface area (Å²) in [6, 6.07) is 3.44. The molecule has 174 valence electrons. The average molecular weight is 801 g/mol. The summed E-state index contributed by atoms with van der Waals surface area (Å²) in [6.07, 6.45) is -6.53. The lowest BCUT2D eigenvalue weighted by Gasteiger charge is -2.37. The Kier molecular flexibility index (Phi) is 9.28. The normalized spacial score (nSPS) is 17.6. The molecule has 1 aromatic rings. The molecule has 1 amide bonds. The predicted octanol–water partition coefficient (Wildman–Crippen LogP) is 4.30. The minimum atomic E-state index is -5.22. The fourth-order valence-electron chi connectivity index (χ4n) is 3.17. The van der Waals surface area contributed by atoms with Gasteiger partial charge in [-0.3, -0.25) is 9.35 Å². The molecular weight excluding hydrogens is 784 g/mol. The maximum atomic E-state index is 13.2. The van der Waals surface area contributed by atoms with Gasteiger partial charge in [0, 0.05) is 10.7 Å². The van der Waals surface area contributed by atoms with E-state index in [-0.39, 0.29) is 18.4 Å². The molecule has 1 unspecified atom stereocenters. The van der Waals surface area contributed by atoms with E-state index in [1.54, 1.807) is 6.07 Å². The molecule has 31 heavy (non-hydrogen) atoms. The number of rotatable bonds is 6. The average Bonchev–Trinajstić information content (AvgIpc) is 2.62. The third kappa shape index (κ3) is 7.53. The number of carbonyl (C=O) groups is 2. The number of hydrogen-bond donors (Lipinski definition) is 2. The molecule has 0 aliphatic heterocycles. The van der Waals surface area contributed by atoms with Crippen LogP contribution in [-0.2, 0) is 19.6 Å². The van der Waals surface area contributed by atoms with Gasteiger partial charge in [0.05, 0.1) is 5.56 Å².